The number of rotatable bonds is 3. The lowest BCUT2D eigenvalue weighted by Crippen LogP contribution is -2.04. The van der Waals surface area contributed by atoms with Crippen molar-refractivity contribution in [1.29, 1.82) is 0 Å². The van der Waals surface area contributed by atoms with Crippen LogP contribution in [-0.2, 0) is 4.79 Å². The largest absolute Gasteiger partial charge is 0.299 e. The average Bonchev–Trinajstić information content (AvgIpc) is 2.48. The predicted molar refractivity (Wildman–Crippen MR) is 86.9 cm³/mol. The molecule has 0 spiro atoms. The molecule has 0 saturated carbocycles. The van der Waals surface area contributed by atoms with Crippen molar-refractivity contribution in [3.05, 3.63) is 59.9 Å². The highest BCUT2D eigenvalue weighted by molar-refractivity contribution is 5.83. The summed E-state index contributed by atoms with van der Waals surface area (Å²) in [7, 11) is 0. The second-order valence-electron chi connectivity index (χ2n) is 5.14. The van der Waals surface area contributed by atoms with Crippen LogP contribution in [0.1, 0.15) is 45.6 Å². The van der Waals surface area contributed by atoms with E-state index >= 15 is 0 Å². The fourth-order valence-corrected chi connectivity index (χ4v) is 1.89. The summed E-state index contributed by atoms with van der Waals surface area (Å²) >= 11 is 0. The first-order valence-corrected chi connectivity index (χ1v) is 7.36. The summed E-state index contributed by atoms with van der Waals surface area (Å²) in [5.74, 6) is -0.502. The number of carbonyl (C=O) groups excluding carboxylic acids is 1. The van der Waals surface area contributed by atoms with Gasteiger partial charge in [0.2, 0.25) is 0 Å². The number of ketones is 1. The predicted octanol–water partition coefficient (Wildman–Crippen LogP) is 5.60. The fourth-order valence-electron chi connectivity index (χ4n) is 1.89. The molecule has 0 aliphatic heterocycles. The molecule has 0 fully saturated rings. The molecule has 0 bridgehead atoms. The first-order valence-electron chi connectivity index (χ1n) is 7.36. The molecule has 112 valence electrons. The van der Waals surface area contributed by atoms with Gasteiger partial charge in [0, 0.05) is 11.5 Å². The van der Waals surface area contributed by atoms with E-state index in [1.54, 1.807) is 13.0 Å². The molecule has 0 N–H and O–H groups in total. The van der Waals surface area contributed by atoms with Crippen molar-refractivity contribution in [3.63, 3.8) is 0 Å². The molecule has 0 aromatic heterocycles. The molecular weight excluding hydrogens is 263 g/mol. The number of carbonyl (C=O) groups is 1. The van der Waals surface area contributed by atoms with Gasteiger partial charge in [0.25, 0.3) is 0 Å². The van der Waals surface area contributed by atoms with Crippen molar-refractivity contribution >= 4 is 5.78 Å². The van der Waals surface area contributed by atoms with Gasteiger partial charge in [-0.25, -0.2) is 4.39 Å². The standard InChI is InChI=1S/C16H15FO.C3H8/c1-11(12(2)18)14-8-9-15(16(17)10-14)13-6-4-3-5-7-13;1-3-2/h3-11H,1-2H3;3H2,1-2H3. The Kier molecular flexibility index (Phi) is 6.80. The minimum absolute atomic E-state index is 0.0434. The topological polar surface area (TPSA) is 17.1 Å². The second-order valence-corrected chi connectivity index (χ2v) is 5.14. The molecule has 21 heavy (non-hydrogen) atoms. The monoisotopic (exact) mass is 286 g/mol. The average molecular weight is 286 g/mol. The molecule has 0 heterocycles. The van der Waals surface area contributed by atoms with Gasteiger partial charge >= 0.3 is 0 Å². The van der Waals surface area contributed by atoms with Gasteiger partial charge in [0.15, 0.2) is 0 Å². The molecule has 0 amide bonds. The molecule has 2 heteroatoms. The minimum atomic E-state index is -0.285. The van der Waals surface area contributed by atoms with Crippen LogP contribution >= 0.6 is 0 Å². The highest BCUT2D eigenvalue weighted by Gasteiger charge is 2.13. The normalized spacial score (nSPS) is 11.3. The number of Topliss-reactive ketones (excluding diaryl/α,β-unsaturated/α-hetero) is 1. The fraction of sp³-hybridized carbons (Fsp3) is 0.316. The SMILES string of the molecule is CC(=O)C(C)c1ccc(-c2ccccc2)c(F)c1.CCC. The van der Waals surface area contributed by atoms with Gasteiger partial charge in [-0.2, -0.15) is 0 Å². The summed E-state index contributed by atoms with van der Waals surface area (Å²) in [5, 5.41) is 0. The van der Waals surface area contributed by atoms with Crippen molar-refractivity contribution in [2.24, 2.45) is 0 Å². The first kappa shape index (κ1) is 17.1. The maximum Gasteiger partial charge on any atom is 0.136 e. The van der Waals surface area contributed by atoms with Crippen molar-refractivity contribution in [2.45, 2.75) is 40.0 Å². The zero-order valence-corrected chi connectivity index (χ0v) is 13.2. The molecular formula is C19H23FO. The Hall–Kier alpha value is -1.96. The molecule has 0 radical (unpaired) electrons. The highest BCUT2D eigenvalue weighted by atomic mass is 19.1. The number of halogens is 1. The molecule has 2 aromatic rings. The van der Waals surface area contributed by atoms with E-state index in [-0.39, 0.29) is 17.5 Å². The second kappa shape index (κ2) is 8.35. The van der Waals surface area contributed by atoms with Crippen LogP contribution in [0, 0.1) is 5.82 Å². The van der Waals surface area contributed by atoms with E-state index in [9.17, 15) is 9.18 Å². The first-order chi connectivity index (χ1) is 10.0. The maximum atomic E-state index is 14.0. The van der Waals surface area contributed by atoms with Crippen LogP contribution in [0.2, 0.25) is 0 Å². The number of benzene rings is 2. The Morgan fingerprint density at radius 1 is 1.10 bits per heavy atom. The molecule has 1 unspecified atom stereocenters. The van der Waals surface area contributed by atoms with E-state index < -0.39 is 0 Å². The number of hydrogen-bond donors (Lipinski definition) is 0. The van der Waals surface area contributed by atoms with Gasteiger partial charge in [-0.1, -0.05) is 69.7 Å². The van der Waals surface area contributed by atoms with Crippen LogP contribution in [0.5, 0.6) is 0 Å². The lowest BCUT2D eigenvalue weighted by atomic mass is 9.95. The zero-order chi connectivity index (χ0) is 15.8. The van der Waals surface area contributed by atoms with Crippen LogP contribution in [0.3, 0.4) is 0 Å². The molecule has 0 aliphatic rings. The van der Waals surface area contributed by atoms with Crippen molar-refractivity contribution in [3.8, 4) is 11.1 Å². The van der Waals surface area contributed by atoms with Gasteiger partial charge in [0.05, 0.1) is 0 Å². The van der Waals surface area contributed by atoms with E-state index in [4.69, 9.17) is 0 Å². The molecule has 0 aliphatic carbocycles. The summed E-state index contributed by atoms with van der Waals surface area (Å²) < 4.78 is 14.0. The Morgan fingerprint density at radius 2 is 1.67 bits per heavy atom. The van der Waals surface area contributed by atoms with E-state index in [1.807, 2.05) is 36.4 Å². The maximum absolute atomic E-state index is 14.0. The zero-order valence-electron chi connectivity index (χ0n) is 13.2. The number of hydrogen-bond acceptors (Lipinski definition) is 1. The summed E-state index contributed by atoms with van der Waals surface area (Å²) in [4.78, 5) is 11.3. The third kappa shape index (κ3) is 4.82. The summed E-state index contributed by atoms with van der Waals surface area (Å²) in [6.45, 7) is 7.56. The Balaban J connectivity index is 0.000000677. The quantitative estimate of drug-likeness (QED) is 0.717. The van der Waals surface area contributed by atoms with E-state index in [0.717, 1.165) is 11.1 Å². The van der Waals surface area contributed by atoms with E-state index in [0.29, 0.717) is 5.56 Å². The Bertz CT molecular complexity index is 575. The Labute approximate surface area is 126 Å². The van der Waals surface area contributed by atoms with Gasteiger partial charge in [-0.3, -0.25) is 4.79 Å². The summed E-state index contributed by atoms with van der Waals surface area (Å²) in [5.41, 5.74) is 2.13. The van der Waals surface area contributed by atoms with Crippen LogP contribution < -0.4 is 0 Å². The highest BCUT2D eigenvalue weighted by Crippen LogP contribution is 2.26. The van der Waals surface area contributed by atoms with Gasteiger partial charge in [-0.15, -0.1) is 0 Å². The van der Waals surface area contributed by atoms with Crippen molar-refractivity contribution in [2.75, 3.05) is 0 Å². The minimum Gasteiger partial charge on any atom is -0.299 e. The van der Waals surface area contributed by atoms with Crippen LogP contribution in [0.4, 0.5) is 4.39 Å². The van der Waals surface area contributed by atoms with Gasteiger partial charge in [0.1, 0.15) is 11.6 Å². The van der Waals surface area contributed by atoms with E-state index in [2.05, 4.69) is 13.8 Å². The molecule has 2 rings (SSSR count). The van der Waals surface area contributed by atoms with E-state index in [1.165, 1.54) is 19.4 Å². The van der Waals surface area contributed by atoms with Crippen LogP contribution in [0.25, 0.3) is 11.1 Å². The van der Waals surface area contributed by atoms with Crippen LogP contribution in [0.15, 0.2) is 48.5 Å². The third-order valence-corrected chi connectivity index (χ3v) is 3.19. The van der Waals surface area contributed by atoms with Gasteiger partial charge in [-0.05, 0) is 24.1 Å². The molecule has 1 nitrogen and oxygen atoms in total. The van der Waals surface area contributed by atoms with Gasteiger partial charge < -0.3 is 0 Å². The molecule has 0 saturated heterocycles. The summed E-state index contributed by atoms with van der Waals surface area (Å²) in [6, 6.07) is 14.4. The lowest BCUT2D eigenvalue weighted by molar-refractivity contribution is -0.118. The Morgan fingerprint density at radius 3 is 2.14 bits per heavy atom. The van der Waals surface area contributed by atoms with Crippen LogP contribution in [-0.4, -0.2) is 5.78 Å². The summed E-state index contributed by atoms with van der Waals surface area (Å²) in [6.07, 6.45) is 1.25. The third-order valence-electron chi connectivity index (χ3n) is 3.19. The molecule has 2 aromatic carbocycles. The van der Waals surface area contributed by atoms with Crippen molar-refractivity contribution < 1.29 is 9.18 Å². The molecule has 1 atom stereocenters. The van der Waals surface area contributed by atoms with Crippen molar-refractivity contribution in [1.82, 2.24) is 0 Å². The smallest absolute Gasteiger partial charge is 0.136 e. The lowest BCUT2D eigenvalue weighted by Gasteiger charge is -2.10.